The van der Waals surface area contributed by atoms with Crippen molar-refractivity contribution < 1.29 is 9.84 Å². The first-order chi connectivity index (χ1) is 9.55. The van der Waals surface area contributed by atoms with Crippen molar-refractivity contribution in [2.24, 2.45) is 5.92 Å². The van der Waals surface area contributed by atoms with Gasteiger partial charge < -0.3 is 9.84 Å². The van der Waals surface area contributed by atoms with Gasteiger partial charge in [-0.2, -0.15) is 0 Å². The van der Waals surface area contributed by atoms with Gasteiger partial charge in [0.15, 0.2) is 0 Å². The average molecular weight is 279 g/mol. The van der Waals surface area contributed by atoms with Crippen molar-refractivity contribution in [2.45, 2.75) is 46.3 Å². The Labute approximate surface area is 123 Å². The third kappa shape index (κ3) is 6.40. The van der Waals surface area contributed by atoms with E-state index in [1.54, 1.807) is 7.11 Å². The molecule has 0 aliphatic carbocycles. The van der Waals surface area contributed by atoms with E-state index in [4.69, 9.17) is 4.74 Å². The molecule has 0 amide bonds. The zero-order valence-corrected chi connectivity index (χ0v) is 13.3. The maximum absolute atomic E-state index is 9.91. The number of nitrogens with zero attached hydrogens (tertiary/aromatic N) is 1. The highest BCUT2D eigenvalue weighted by Gasteiger charge is 2.12. The molecule has 1 rings (SSSR count). The van der Waals surface area contributed by atoms with Crippen LogP contribution >= 0.6 is 0 Å². The molecule has 0 spiro atoms. The summed E-state index contributed by atoms with van der Waals surface area (Å²) in [7, 11) is 1.69. The van der Waals surface area contributed by atoms with Gasteiger partial charge in [0, 0.05) is 13.1 Å². The number of aliphatic hydroxyl groups excluding tert-OH is 1. The summed E-state index contributed by atoms with van der Waals surface area (Å²) in [4.78, 5) is 2.34. The van der Waals surface area contributed by atoms with Gasteiger partial charge in [0.25, 0.3) is 0 Å². The van der Waals surface area contributed by atoms with Crippen molar-refractivity contribution in [2.75, 3.05) is 20.2 Å². The molecular formula is C17H29NO2. The lowest BCUT2D eigenvalue weighted by molar-refractivity contribution is 0.102. The number of rotatable bonds is 9. The van der Waals surface area contributed by atoms with Gasteiger partial charge in [0.05, 0.1) is 13.2 Å². The molecule has 0 fully saturated rings. The molecule has 20 heavy (non-hydrogen) atoms. The fourth-order valence-electron chi connectivity index (χ4n) is 2.13. The fourth-order valence-corrected chi connectivity index (χ4v) is 2.13. The van der Waals surface area contributed by atoms with E-state index in [-0.39, 0.29) is 6.10 Å². The van der Waals surface area contributed by atoms with Crippen LogP contribution < -0.4 is 4.74 Å². The lowest BCUT2D eigenvalue weighted by Gasteiger charge is -2.25. The van der Waals surface area contributed by atoms with Gasteiger partial charge in [0.2, 0.25) is 0 Å². The van der Waals surface area contributed by atoms with E-state index in [9.17, 15) is 5.11 Å². The maximum Gasteiger partial charge on any atom is 0.119 e. The van der Waals surface area contributed by atoms with Crippen LogP contribution in [0.3, 0.4) is 0 Å². The molecule has 1 N–H and O–H groups in total. The van der Waals surface area contributed by atoms with Crippen LogP contribution in [-0.4, -0.2) is 36.3 Å². The summed E-state index contributed by atoms with van der Waals surface area (Å²) in [5, 5.41) is 9.91. The summed E-state index contributed by atoms with van der Waals surface area (Å²) in [5.41, 5.74) is 1.23. The van der Waals surface area contributed by atoms with Gasteiger partial charge in [-0.25, -0.2) is 0 Å². The molecule has 0 aliphatic rings. The Balaban J connectivity index is 2.65. The number of hydrogen-bond donors (Lipinski definition) is 1. The number of methoxy groups -OCH3 is 1. The number of benzene rings is 1. The van der Waals surface area contributed by atoms with Crippen LogP contribution in [0, 0.1) is 5.92 Å². The third-order valence-electron chi connectivity index (χ3n) is 3.50. The van der Waals surface area contributed by atoms with Gasteiger partial charge in [-0.05, 0) is 43.0 Å². The normalized spacial score (nSPS) is 12.9. The summed E-state index contributed by atoms with van der Waals surface area (Å²) in [6, 6.07) is 8.16. The first-order valence-corrected chi connectivity index (χ1v) is 7.58. The van der Waals surface area contributed by atoms with E-state index in [0.29, 0.717) is 5.92 Å². The van der Waals surface area contributed by atoms with Crippen LogP contribution in [0.4, 0.5) is 0 Å². The average Bonchev–Trinajstić information content (AvgIpc) is 2.44. The molecule has 0 saturated carbocycles. The Morgan fingerprint density at radius 3 is 2.65 bits per heavy atom. The number of aliphatic hydroxyl groups is 1. The van der Waals surface area contributed by atoms with Crippen molar-refractivity contribution in [1.29, 1.82) is 0 Å². The highest BCUT2D eigenvalue weighted by Crippen LogP contribution is 2.15. The van der Waals surface area contributed by atoms with E-state index in [2.05, 4.69) is 30.9 Å². The molecule has 114 valence electrons. The summed E-state index contributed by atoms with van der Waals surface area (Å²) in [6.07, 6.45) is 1.71. The Morgan fingerprint density at radius 1 is 1.30 bits per heavy atom. The zero-order valence-electron chi connectivity index (χ0n) is 13.3. The van der Waals surface area contributed by atoms with Gasteiger partial charge in [-0.3, -0.25) is 4.90 Å². The molecule has 3 nitrogen and oxygen atoms in total. The molecule has 0 aromatic heterocycles. The Hall–Kier alpha value is -1.06. The quantitative estimate of drug-likeness (QED) is 0.752. The van der Waals surface area contributed by atoms with E-state index < -0.39 is 0 Å². The van der Waals surface area contributed by atoms with Crippen molar-refractivity contribution in [3.8, 4) is 5.75 Å². The SMILES string of the molecule is CCC(O)CN(CCC(C)C)Cc1cccc(OC)c1. The van der Waals surface area contributed by atoms with E-state index in [1.165, 1.54) is 5.56 Å². The molecule has 1 aromatic rings. The molecule has 1 unspecified atom stereocenters. The van der Waals surface area contributed by atoms with Crippen molar-refractivity contribution in [1.82, 2.24) is 4.90 Å². The van der Waals surface area contributed by atoms with Crippen LogP contribution in [-0.2, 0) is 6.54 Å². The first kappa shape index (κ1) is 17.0. The van der Waals surface area contributed by atoms with Crippen LogP contribution in [0.15, 0.2) is 24.3 Å². The van der Waals surface area contributed by atoms with E-state index in [1.807, 2.05) is 19.1 Å². The standard InChI is InChI=1S/C17H29NO2/c1-5-16(19)13-18(10-9-14(2)3)12-15-7-6-8-17(11-15)20-4/h6-8,11,14,16,19H,5,9-10,12-13H2,1-4H3. The smallest absolute Gasteiger partial charge is 0.119 e. The fraction of sp³-hybridized carbons (Fsp3) is 0.647. The topological polar surface area (TPSA) is 32.7 Å². The van der Waals surface area contributed by atoms with Crippen LogP contribution in [0.5, 0.6) is 5.75 Å². The summed E-state index contributed by atoms with van der Waals surface area (Å²) >= 11 is 0. The predicted octanol–water partition coefficient (Wildman–Crippen LogP) is 3.31. The number of hydrogen-bond acceptors (Lipinski definition) is 3. The lowest BCUT2D eigenvalue weighted by Crippen LogP contribution is -2.33. The third-order valence-corrected chi connectivity index (χ3v) is 3.50. The first-order valence-electron chi connectivity index (χ1n) is 7.58. The summed E-state index contributed by atoms with van der Waals surface area (Å²) in [5.74, 6) is 1.57. The minimum Gasteiger partial charge on any atom is -0.497 e. The zero-order chi connectivity index (χ0) is 15.0. The second-order valence-corrected chi connectivity index (χ2v) is 5.83. The monoisotopic (exact) mass is 279 g/mol. The molecule has 0 heterocycles. The van der Waals surface area contributed by atoms with Crippen molar-refractivity contribution in [3.05, 3.63) is 29.8 Å². The van der Waals surface area contributed by atoms with Crippen LogP contribution in [0.1, 0.15) is 39.2 Å². The molecule has 0 radical (unpaired) electrons. The van der Waals surface area contributed by atoms with Crippen LogP contribution in [0.25, 0.3) is 0 Å². The minimum atomic E-state index is -0.243. The summed E-state index contributed by atoms with van der Waals surface area (Å²) < 4.78 is 5.27. The molecule has 0 aliphatic heterocycles. The number of ether oxygens (including phenoxy) is 1. The molecule has 1 atom stereocenters. The van der Waals surface area contributed by atoms with Gasteiger partial charge in [-0.15, -0.1) is 0 Å². The molecule has 0 bridgehead atoms. The Bertz CT molecular complexity index is 379. The summed E-state index contributed by atoms with van der Waals surface area (Å²) in [6.45, 7) is 9.12. The van der Waals surface area contributed by atoms with Gasteiger partial charge in [-0.1, -0.05) is 32.9 Å². The van der Waals surface area contributed by atoms with Crippen molar-refractivity contribution >= 4 is 0 Å². The largest absolute Gasteiger partial charge is 0.497 e. The highest BCUT2D eigenvalue weighted by atomic mass is 16.5. The van der Waals surface area contributed by atoms with Gasteiger partial charge in [0.1, 0.15) is 5.75 Å². The second kappa shape index (κ2) is 8.98. The Morgan fingerprint density at radius 2 is 2.05 bits per heavy atom. The second-order valence-electron chi connectivity index (χ2n) is 5.83. The highest BCUT2D eigenvalue weighted by molar-refractivity contribution is 5.28. The van der Waals surface area contributed by atoms with Crippen molar-refractivity contribution in [3.63, 3.8) is 0 Å². The maximum atomic E-state index is 9.91. The molecule has 1 aromatic carbocycles. The van der Waals surface area contributed by atoms with Gasteiger partial charge >= 0.3 is 0 Å². The van der Waals surface area contributed by atoms with E-state index in [0.717, 1.165) is 38.2 Å². The molecule has 3 heteroatoms. The minimum absolute atomic E-state index is 0.243. The lowest BCUT2D eigenvalue weighted by atomic mass is 10.1. The Kier molecular flexibility index (Phi) is 7.63. The van der Waals surface area contributed by atoms with Crippen LogP contribution in [0.2, 0.25) is 0 Å². The predicted molar refractivity (Wildman–Crippen MR) is 84.0 cm³/mol. The molecule has 0 saturated heterocycles. The molecular weight excluding hydrogens is 250 g/mol. The van der Waals surface area contributed by atoms with E-state index >= 15 is 0 Å².